The van der Waals surface area contributed by atoms with Crippen LogP contribution < -0.4 is 9.62 Å². The second kappa shape index (κ2) is 10.2. The molecule has 2 aromatic rings. The van der Waals surface area contributed by atoms with Crippen molar-refractivity contribution in [2.45, 2.75) is 25.6 Å². The Morgan fingerprint density at radius 3 is 2.57 bits per heavy atom. The number of sulfonamides is 1. The van der Waals surface area contributed by atoms with Crippen LogP contribution in [-0.2, 0) is 20.6 Å². The van der Waals surface area contributed by atoms with E-state index in [1.54, 1.807) is 36.9 Å². The number of nitrogens with zero attached hydrogens (tertiary/aromatic N) is 1. The van der Waals surface area contributed by atoms with E-state index >= 15 is 0 Å². The van der Waals surface area contributed by atoms with E-state index in [1.807, 2.05) is 12.1 Å². The lowest BCUT2D eigenvalue weighted by atomic mass is 10.1. The average molecular weight is 441 g/mol. The van der Waals surface area contributed by atoms with Gasteiger partial charge in [0, 0.05) is 23.1 Å². The van der Waals surface area contributed by atoms with Gasteiger partial charge in [-0.1, -0.05) is 41.9 Å². The summed E-state index contributed by atoms with van der Waals surface area (Å²) in [5.74, 6) is 1.26. The van der Waals surface area contributed by atoms with Gasteiger partial charge in [0.05, 0.1) is 11.9 Å². The Morgan fingerprint density at radius 2 is 1.93 bits per heavy atom. The molecule has 0 aromatic heterocycles. The molecular weight excluding hydrogens is 416 g/mol. The van der Waals surface area contributed by atoms with Crippen molar-refractivity contribution in [1.29, 1.82) is 0 Å². The van der Waals surface area contributed by atoms with Gasteiger partial charge in [0.25, 0.3) is 0 Å². The highest BCUT2D eigenvalue weighted by Gasteiger charge is 2.29. The van der Waals surface area contributed by atoms with Crippen molar-refractivity contribution >= 4 is 45.0 Å². The van der Waals surface area contributed by atoms with Gasteiger partial charge in [-0.05, 0) is 43.2 Å². The van der Waals surface area contributed by atoms with Gasteiger partial charge in [-0.2, -0.15) is 11.8 Å². The standard InChI is InChI=1S/C20H25ClN2O3S2/c1-15-7-4-5-8-17(15)14-27-12-11-22-20(24)16(2)23(28(3,25)26)19-10-6-9-18(21)13-19/h4-10,13,16H,11-12,14H2,1-3H3,(H,22,24). The Labute approximate surface area is 176 Å². The average Bonchev–Trinajstić information content (AvgIpc) is 2.61. The molecule has 1 N–H and O–H groups in total. The molecule has 1 unspecified atom stereocenters. The summed E-state index contributed by atoms with van der Waals surface area (Å²) in [6.07, 6.45) is 1.08. The summed E-state index contributed by atoms with van der Waals surface area (Å²) in [6.45, 7) is 4.11. The third-order valence-electron chi connectivity index (χ3n) is 4.22. The molecule has 2 aromatic carbocycles. The molecule has 2 rings (SSSR count). The topological polar surface area (TPSA) is 66.5 Å². The van der Waals surface area contributed by atoms with E-state index in [9.17, 15) is 13.2 Å². The van der Waals surface area contributed by atoms with Crippen LogP contribution in [0.25, 0.3) is 0 Å². The zero-order chi connectivity index (χ0) is 20.7. The maximum absolute atomic E-state index is 12.5. The molecule has 152 valence electrons. The Balaban J connectivity index is 1.91. The van der Waals surface area contributed by atoms with Crippen LogP contribution in [0.15, 0.2) is 48.5 Å². The normalized spacial score (nSPS) is 12.4. The maximum atomic E-state index is 12.5. The van der Waals surface area contributed by atoms with Crippen molar-refractivity contribution in [2.24, 2.45) is 0 Å². The van der Waals surface area contributed by atoms with E-state index in [4.69, 9.17) is 11.6 Å². The first-order chi connectivity index (χ1) is 13.2. The second-order valence-corrected chi connectivity index (χ2v) is 9.89. The molecular formula is C20H25ClN2O3S2. The number of aryl methyl sites for hydroxylation is 1. The van der Waals surface area contributed by atoms with Crippen LogP contribution in [0, 0.1) is 6.92 Å². The summed E-state index contributed by atoms with van der Waals surface area (Å²) >= 11 is 7.70. The van der Waals surface area contributed by atoms with Crippen LogP contribution in [0.5, 0.6) is 0 Å². The van der Waals surface area contributed by atoms with Crippen molar-refractivity contribution in [3.05, 3.63) is 64.7 Å². The molecule has 1 amide bonds. The Bertz CT molecular complexity index is 919. The third kappa shape index (κ3) is 6.43. The fourth-order valence-electron chi connectivity index (χ4n) is 2.77. The number of nitrogens with one attached hydrogen (secondary N) is 1. The quantitative estimate of drug-likeness (QED) is 0.601. The van der Waals surface area contributed by atoms with Crippen LogP contribution in [0.2, 0.25) is 5.02 Å². The zero-order valence-electron chi connectivity index (χ0n) is 16.2. The van der Waals surface area contributed by atoms with Gasteiger partial charge in [-0.15, -0.1) is 0 Å². The Kier molecular flexibility index (Phi) is 8.22. The molecule has 0 fully saturated rings. The molecule has 0 bridgehead atoms. The largest absolute Gasteiger partial charge is 0.353 e. The highest BCUT2D eigenvalue weighted by molar-refractivity contribution is 7.98. The summed E-state index contributed by atoms with van der Waals surface area (Å²) in [5.41, 5.74) is 2.89. The van der Waals surface area contributed by atoms with Gasteiger partial charge in [0.2, 0.25) is 15.9 Å². The number of anilines is 1. The van der Waals surface area contributed by atoms with Crippen molar-refractivity contribution in [3.8, 4) is 0 Å². The summed E-state index contributed by atoms with van der Waals surface area (Å²) in [7, 11) is -3.65. The smallest absolute Gasteiger partial charge is 0.243 e. The van der Waals surface area contributed by atoms with Gasteiger partial charge >= 0.3 is 0 Å². The monoisotopic (exact) mass is 440 g/mol. The third-order valence-corrected chi connectivity index (χ3v) is 6.70. The van der Waals surface area contributed by atoms with Crippen LogP contribution >= 0.6 is 23.4 Å². The maximum Gasteiger partial charge on any atom is 0.243 e. The summed E-state index contributed by atoms with van der Waals surface area (Å²) < 4.78 is 25.6. The molecule has 5 nitrogen and oxygen atoms in total. The minimum atomic E-state index is -3.65. The number of rotatable bonds is 9. The van der Waals surface area contributed by atoms with E-state index in [-0.39, 0.29) is 5.91 Å². The molecule has 28 heavy (non-hydrogen) atoms. The van der Waals surface area contributed by atoms with Crippen LogP contribution in [-0.4, -0.2) is 38.9 Å². The number of carbonyl (C=O) groups is 1. The highest BCUT2D eigenvalue weighted by atomic mass is 35.5. The number of hydrogen-bond acceptors (Lipinski definition) is 4. The number of halogens is 1. The fraction of sp³-hybridized carbons (Fsp3) is 0.350. The zero-order valence-corrected chi connectivity index (χ0v) is 18.6. The number of carbonyl (C=O) groups excluding carboxylic acids is 1. The number of benzene rings is 2. The molecule has 0 saturated heterocycles. The molecule has 0 aliphatic rings. The molecule has 0 aliphatic carbocycles. The lowest BCUT2D eigenvalue weighted by Crippen LogP contribution is -2.48. The number of thioether (sulfide) groups is 1. The number of amides is 1. The SMILES string of the molecule is Cc1ccccc1CSCCNC(=O)C(C)N(c1cccc(Cl)c1)S(C)(=O)=O. The molecule has 1 atom stereocenters. The molecule has 0 heterocycles. The Morgan fingerprint density at radius 1 is 1.21 bits per heavy atom. The van der Waals surface area contributed by atoms with Crippen molar-refractivity contribution < 1.29 is 13.2 Å². The predicted octanol–water partition coefficient (Wildman–Crippen LogP) is 3.85. The van der Waals surface area contributed by atoms with Crippen LogP contribution in [0.1, 0.15) is 18.1 Å². The van der Waals surface area contributed by atoms with Crippen molar-refractivity contribution in [2.75, 3.05) is 22.9 Å². The van der Waals surface area contributed by atoms with Gasteiger partial charge in [0.15, 0.2) is 0 Å². The lowest BCUT2D eigenvalue weighted by molar-refractivity contribution is -0.121. The summed E-state index contributed by atoms with van der Waals surface area (Å²) in [5, 5.41) is 3.23. The first kappa shape index (κ1) is 22.6. The van der Waals surface area contributed by atoms with Crippen LogP contribution in [0.3, 0.4) is 0 Å². The fourth-order valence-corrected chi connectivity index (χ4v) is 5.06. The molecule has 8 heteroatoms. The van der Waals surface area contributed by atoms with Crippen LogP contribution in [0.4, 0.5) is 5.69 Å². The van der Waals surface area contributed by atoms with Gasteiger partial charge < -0.3 is 5.32 Å². The highest BCUT2D eigenvalue weighted by Crippen LogP contribution is 2.24. The van der Waals surface area contributed by atoms with E-state index in [2.05, 4.69) is 24.4 Å². The van der Waals surface area contributed by atoms with Gasteiger partial charge in [0.1, 0.15) is 6.04 Å². The first-order valence-corrected chi connectivity index (χ1v) is 12.2. The first-order valence-electron chi connectivity index (χ1n) is 8.85. The molecule has 0 aliphatic heterocycles. The van der Waals surface area contributed by atoms with E-state index in [0.29, 0.717) is 17.3 Å². The predicted molar refractivity (Wildman–Crippen MR) is 119 cm³/mol. The molecule has 0 spiro atoms. The summed E-state index contributed by atoms with van der Waals surface area (Å²) in [4.78, 5) is 12.5. The van der Waals surface area contributed by atoms with Gasteiger partial charge in [-0.3, -0.25) is 9.10 Å². The Hall–Kier alpha value is -1.70. The lowest BCUT2D eigenvalue weighted by Gasteiger charge is -2.28. The minimum Gasteiger partial charge on any atom is -0.353 e. The minimum absolute atomic E-state index is 0.345. The van der Waals surface area contributed by atoms with E-state index in [1.165, 1.54) is 17.2 Å². The van der Waals surface area contributed by atoms with Crippen molar-refractivity contribution in [1.82, 2.24) is 5.32 Å². The molecule has 0 saturated carbocycles. The van der Waals surface area contributed by atoms with Gasteiger partial charge in [-0.25, -0.2) is 8.42 Å². The summed E-state index contributed by atoms with van der Waals surface area (Å²) in [6, 6.07) is 13.8. The second-order valence-electron chi connectivity index (χ2n) is 6.48. The van der Waals surface area contributed by atoms with E-state index in [0.717, 1.165) is 22.1 Å². The van der Waals surface area contributed by atoms with E-state index < -0.39 is 16.1 Å². The molecule has 0 radical (unpaired) electrons. The van der Waals surface area contributed by atoms with Crippen molar-refractivity contribution in [3.63, 3.8) is 0 Å². The number of hydrogen-bond donors (Lipinski definition) is 1.